The third-order valence-electron chi connectivity index (χ3n) is 3.88. The van der Waals surface area contributed by atoms with Gasteiger partial charge in [-0.3, -0.25) is 20.4 Å². The van der Waals surface area contributed by atoms with Gasteiger partial charge in [-0.25, -0.2) is 4.68 Å². The van der Waals surface area contributed by atoms with E-state index in [4.69, 9.17) is 11.6 Å². The van der Waals surface area contributed by atoms with E-state index in [1.54, 1.807) is 24.3 Å². The van der Waals surface area contributed by atoms with E-state index in [2.05, 4.69) is 16.0 Å². The van der Waals surface area contributed by atoms with Crippen molar-refractivity contribution < 1.29 is 9.59 Å². The number of rotatable bonds is 5. The molecule has 0 aliphatic rings. The molecule has 0 radical (unpaired) electrons. The highest BCUT2D eigenvalue weighted by Gasteiger charge is 2.09. The maximum atomic E-state index is 12.2. The maximum absolute atomic E-state index is 12.2. The van der Waals surface area contributed by atoms with Gasteiger partial charge in [0.05, 0.1) is 17.1 Å². The molecule has 0 atom stereocenters. The summed E-state index contributed by atoms with van der Waals surface area (Å²) in [7, 11) is 0. The second kappa shape index (κ2) is 8.95. The number of carbonyl (C=O) groups excluding carboxylic acids is 2. The number of hydrogen-bond donors (Lipinski definition) is 2. The van der Waals surface area contributed by atoms with Gasteiger partial charge in [0.25, 0.3) is 5.91 Å². The SMILES string of the molecule is Cc1cc(C)n(-c2ccc(C(=O)NNC(=O)CSc3ccc(Cl)cc3)cc2)n1. The summed E-state index contributed by atoms with van der Waals surface area (Å²) in [6.45, 7) is 3.90. The number of halogens is 1. The molecular formula is C20H19ClN4O2S. The molecule has 3 rings (SSSR count). The predicted octanol–water partition coefficient (Wildman–Crippen LogP) is 3.70. The number of aromatic nitrogens is 2. The molecule has 28 heavy (non-hydrogen) atoms. The van der Waals surface area contributed by atoms with Crippen molar-refractivity contribution in [3.05, 3.63) is 76.6 Å². The van der Waals surface area contributed by atoms with Crippen molar-refractivity contribution in [3.63, 3.8) is 0 Å². The van der Waals surface area contributed by atoms with E-state index in [-0.39, 0.29) is 17.6 Å². The Balaban J connectivity index is 1.51. The number of nitrogens with zero attached hydrogens (tertiary/aromatic N) is 2. The van der Waals surface area contributed by atoms with Gasteiger partial charge in [-0.05, 0) is 68.4 Å². The Kier molecular flexibility index (Phi) is 6.38. The number of nitrogens with one attached hydrogen (secondary N) is 2. The summed E-state index contributed by atoms with van der Waals surface area (Å²) in [6, 6.07) is 16.2. The van der Waals surface area contributed by atoms with Crippen LogP contribution < -0.4 is 10.9 Å². The molecule has 0 aliphatic heterocycles. The number of amides is 2. The van der Waals surface area contributed by atoms with Crippen LogP contribution in [0.15, 0.2) is 59.5 Å². The lowest BCUT2D eigenvalue weighted by atomic mass is 10.2. The van der Waals surface area contributed by atoms with E-state index < -0.39 is 0 Å². The van der Waals surface area contributed by atoms with Crippen LogP contribution in [0.1, 0.15) is 21.7 Å². The van der Waals surface area contributed by atoms with Crippen molar-refractivity contribution in [3.8, 4) is 5.69 Å². The van der Waals surface area contributed by atoms with Crippen LogP contribution in [0.5, 0.6) is 0 Å². The van der Waals surface area contributed by atoms with Gasteiger partial charge in [0.1, 0.15) is 0 Å². The van der Waals surface area contributed by atoms with E-state index in [0.29, 0.717) is 10.6 Å². The first-order valence-corrected chi connectivity index (χ1v) is 9.90. The van der Waals surface area contributed by atoms with Gasteiger partial charge in [0.15, 0.2) is 0 Å². The molecule has 144 valence electrons. The largest absolute Gasteiger partial charge is 0.272 e. The third-order valence-corrected chi connectivity index (χ3v) is 5.15. The van der Waals surface area contributed by atoms with Gasteiger partial charge in [0, 0.05) is 21.2 Å². The molecule has 0 fully saturated rings. The van der Waals surface area contributed by atoms with Crippen molar-refractivity contribution in [1.82, 2.24) is 20.6 Å². The molecule has 8 heteroatoms. The Labute approximate surface area is 172 Å². The second-order valence-corrected chi connectivity index (χ2v) is 7.62. The van der Waals surface area contributed by atoms with Gasteiger partial charge in [-0.1, -0.05) is 11.6 Å². The average molecular weight is 415 g/mol. The standard InChI is InChI=1S/C20H19ClN4O2S/c1-13-11-14(2)25(24-13)17-7-3-15(4-8-17)20(27)23-22-19(26)12-28-18-9-5-16(21)6-10-18/h3-11H,12H2,1-2H3,(H,22,26)(H,23,27). The quantitative estimate of drug-likeness (QED) is 0.493. The number of carbonyl (C=O) groups is 2. The fraction of sp³-hybridized carbons (Fsp3) is 0.150. The summed E-state index contributed by atoms with van der Waals surface area (Å²) < 4.78 is 1.81. The Morgan fingerprint density at radius 2 is 1.71 bits per heavy atom. The average Bonchev–Trinajstić information content (AvgIpc) is 3.04. The lowest BCUT2D eigenvalue weighted by Gasteiger charge is -2.09. The van der Waals surface area contributed by atoms with Crippen LogP contribution in [0.2, 0.25) is 5.02 Å². The fourth-order valence-electron chi connectivity index (χ4n) is 2.56. The van der Waals surface area contributed by atoms with E-state index in [1.807, 2.05) is 48.9 Å². The fourth-order valence-corrected chi connectivity index (χ4v) is 3.38. The molecule has 0 aliphatic carbocycles. The van der Waals surface area contributed by atoms with Crippen molar-refractivity contribution >= 4 is 35.2 Å². The Morgan fingerprint density at radius 1 is 1.04 bits per heavy atom. The van der Waals surface area contributed by atoms with E-state index in [0.717, 1.165) is 22.0 Å². The highest BCUT2D eigenvalue weighted by atomic mass is 35.5. The monoisotopic (exact) mass is 414 g/mol. The summed E-state index contributed by atoms with van der Waals surface area (Å²) in [4.78, 5) is 25.0. The molecule has 1 heterocycles. The number of hydrazine groups is 1. The molecule has 2 N–H and O–H groups in total. The van der Waals surface area contributed by atoms with E-state index in [1.165, 1.54) is 11.8 Å². The van der Waals surface area contributed by atoms with Gasteiger partial charge in [0.2, 0.25) is 5.91 Å². The lowest BCUT2D eigenvalue weighted by molar-refractivity contribution is -0.119. The van der Waals surface area contributed by atoms with Gasteiger partial charge in [-0.15, -0.1) is 11.8 Å². The number of thioether (sulfide) groups is 1. The minimum absolute atomic E-state index is 0.179. The molecule has 0 spiro atoms. The summed E-state index contributed by atoms with van der Waals surface area (Å²) in [5, 5.41) is 5.06. The van der Waals surface area contributed by atoms with Crippen LogP contribution in [0.25, 0.3) is 5.69 Å². The van der Waals surface area contributed by atoms with Crippen molar-refractivity contribution in [2.24, 2.45) is 0 Å². The van der Waals surface area contributed by atoms with Gasteiger partial charge in [-0.2, -0.15) is 5.10 Å². The highest BCUT2D eigenvalue weighted by molar-refractivity contribution is 8.00. The maximum Gasteiger partial charge on any atom is 0.269 e. The van der Waals surface area contributed by atoms with Gasteiger partial charge >= 0.3 is 0 Å². The van der Waals surface area contributed by atoms with Crippen molar-refractivity contribution in [1.29, 1.82) is 0 Å². The highest BCUT2D eigenvalue weighted by Crippen LogP contribution is 2.19. The third kappa shape index (κ3) is 5.15. The zero-order valence-electron chi connectivity index (χ0n) is 15.4. The first-order valence-electron chi connectivity index (χ1n) is 8.53. The second-order valence-electron chi connectivity index (χ2n) is 6.13. The first-order chi connectivity index (χ1) is 13.4. The first kappa shape index (κ1) is 20.0. The number of benzene rings is 2. The normalized spacial score (nSPS) is 10.5. The van der Waals surface area contributed by atoms with Crippen molar-refractivity contribution in [2.45, 2.75) is 18.7 Å². The molecule has 2 aromatic carbocycles. The molecule has 6 nitrogen and oxygen atoms in total. The summed E-state index contributed by atoms with van der Waals surface area (Å²) >= 11 is 7.19. The molecule has 0 saturated heterocycles. The molecule has 2 amide bonds. The zero-order valence-corrected chi connectivity index (χ0v) is 17.0. The van der Waals surface area contributed by atoms with Gasteiger partial charge < -0.3 is 0 Å². The molecule has 0 saturated carbocycles. The Morgan fingerprint density at radius 3 is 2.32 bits per heavy atom. The van der Waals surface area contributed by atoms with Crippen LogP contribution in [0, 0.1) is 13.8 Å². The smallest absolute Gasteiger partial charge is 0.269 e. The van der Waals surface area contributed by atoms with Crippen LogP contribution in [-0.4, -0.2) is 27.3 Å². The Bertz CT molecular complexity index is 984. The summed E-state index contributed by atoms with van der Waals surface area (Å²) in [5.41, 5.74) is 8.09. The predicted molar refractivity (Wildman–Crippen MR) is 111 cm³/mol. The van der Waals surface area contributed by atoms with Crippen LogP contribution in [-0.2, 0) is 4.79 Å². The summed E-state index contributed by atoms with van der Waals surface area (Å²) in [5.74, 6) is -0.504. The minimum atomic E-state index is -0.384. The van der Waals surface area contributed by atoms with Crippen LogP contribution in [0.4, 0.5) is 0 Å². The molecular weight excluding hydrogens is 396 g/mol. The molecule has 3 aromatic rings. The zero-order chi connectivity index (χ0) is 20.1. The number of aryl methyl sites for hydroxylation is 2. The lowest BCUT2D eigenvalue weighted by Crippen LogP contribution is -2.42. The summed E-state index contributed by atoms with van der Waals surface area (Å²) in [6.07, 6.45) is 0. The van der Waals surface area contributed by atoms with E-state index in [9.17, 15) is 9.59 Å². The van der Waals surface area contributed by atoms with E-state index >= 15 is 0 Å². The Hall–Kier alpha value is -2.77. The van der Waals surface area contributed by atoms with Crippen LogP contribution in [0.3, 0.4) is 0 Å². The minimum Gasteiger partial charge on any atom is -0.272 e. The topological polar surface area (TPSA) is 76.0 Å². The molecule has 1 aromatic heterocycles. The molecule has 0 bridgehead atoms. The number of hydrogen-bond acceptors (Lipinski definition) is 4. The van der Waals surface area contributed by atoms with Crippen LogP contribution >= 0.6 is 23.4 Å². The molecule has 0 unspecified atom stereocenters. The van der Waals surface area contributed by atoms with Crippen molar-refractivity contribution in [2.75, 3.05) is 5.75 Å².